The van der Waals surface area contributed by atoms with Gasteiger partial charge in [-0.05, 0) is 12.1 Å². The van der Waals surface area contributed by atoms with E-state index in [1.54, 1.807) is 25.4 Å². The number of benzene rings is 1. The first kappa shape index (κ1) is 6.00. The van der Waals surface area contributed by atoms with Gasteiger partial charge in [0.15, 0.2) is 0 Å². The summed E-state index contributed by atoms with van der Waals surface area (Å²) in [4.78, 5) is 4.18. The number of ether oxygens (including phenoxy) is 1. The van der Waals surface area contributed by atoms with Gasteiger partial charge in [-0.2, -0.15) is 0 Å². The normalized spacial score (nSPS) is 11.2. The lowest BCUT2D eigenvalue weighted by Gasteiger charge is -2.02. The Kier molecular flexibility index (Phi) is 1.41. The Labute approximate surface area is 72.2 Å². The minimum Gasteiger partial charge on any atom is -0.494 e. The lowest BCUT2D eigenvalue weighted by molar-refractivity contribution is 0.419. The molecule has 2 heteroatoms. The third-order valence-corrected chi connectivity index (χ3v) is 1.75. The first-order chi connectivity index (χ1) is 6.31. The van der Waals surface area contributed by atoms with Crippen molar-refractivity contribution in [2.45, 2.75) is 0 Å². The van der Waals surface area contributed by atoms with Gasteiger partial charge in [0, 0.05) is 11.6 Å². The monoisotopic (exact) mass is 160 g/mol. The summed E-state index contributed by atoms with van der Waals surface area (Å²) in [5.41, 5.74) is 0.806. The van der Waals surface area contributed by atoms with Gasteiger partial charge >= 0.3 is 0 Å². The first-order valence-corrected chi connectivity index (χ1v) is 3.70. The average molecular weight is 160 g/mol. The molecule has 0 bridgehead atoms. The summed E-state index contributed by atoms with van der Waals surface area (Å²) in [6, 6.07) is 7.64. The topological polar surface area (TPSA) is 22.1 Å². The summed E-state index contributed by atoms with van der Waals surface area (Å²) in [5.74, 6) is 0.656. The molecule has 1 aromatic carbocycles. The van der Waals surface area contributed by atoms with Gasteiger partial charge < -0.3 is 4.74 Å². The Morgan fingerprint density at radius 1 is 1.42 bits per heavy atom. The van der Waals surface area contributed by atoms with Gasteiger partial charge in [-0.15, -0.1) is 0 Å². The number of pyridine rings is 1. The maximum Gasteiger partial charge on any atom is 0.145 e. The van der Waals surface area contributed by atoms with Crippen LogP contribution in [0.25, 0.3) is 10.9 Å². The van der Waals surface area contributed by atoms with E-state index in [0.717, 1.165) is 10.9 Å². The van der Waals surface area contributed by atoms with Crippen LogP contribution in [-0.2, 0) is 0 Å². The highest BCUT2D eigenvalue weighted by Gasteiger charge is 1.98. The minimum absolute atomic E-state index is 0.442. The van der Waals surface area contributed by atoms with E-state index in [4.69, 9.17) is 6.11 Å². The van der Waals surface area contributed by atoms with Crippen LogP contribution in [0.3, 0.4) is 0 Å². The molecule has 0 fully saturated rings. The number of hydrogen-bond donors (Lipinski definition) is 0. The molecule has 0 amide bonds. The van der Waals surface area contributed by atoms with Crippen LogP contribution in [0.15, 0.2) is 36.5 Å². The lowest BCUT2D eigenvalue weighted by Crippen LogP contribution is -1.85. The number of para-hydroxylation sites is 1. The minimum atomic E-state index is 0.442. The van der Waals surface area contributed by atoms with E-state index in [9.17, 15) is 0 Å². The molecule has 0 saturated carbocycles. The van der Waals surface area contributed by atoms with Crippen LogP contribution >= 0.6 is 0 Å². The molecule has 0 radical (unpaired) electrons. The standard InChI is InChI=1S/C10H9NO/c1-12-9-6-2-4-8-5-3-7-11-10(8)9/h2-7H,1H3/i2D. The molecule has 0 spiro atoms. The van der Waals surface area contributed by atoms with E-state index >= 15 is 0 Å². The van der Waals surface area contributed by atoms with Crippen LogP contribution in [0.5, 0.6) is 5.75 Å². The van der Waals surface area contributed by atoms with E-state index in [1.165, 1.54) is 0 Å². The molecule has 2 rings (SSSR count). The highest BCUT2D eigenvalue weighted by Crippen LogP contribution is 2.21. The summed E-state index contributed by atoms with van der Waals surface area (Å²) in [6.07, 6.45) is 1.72. The number of fused-ring (bicyclic) bond motifs is 1. The Morgan fingerprint density at radius 3 is 3.17 bits per heavy atom. The number of methoxy groups -OCH3 is 1. The van der Waals surface area contributed by atoms with Gasteiger partial charge in [0.1, 0.15) is 11.3 Å². The van der Waals surface area contributed by atoms with E-state index in [-0.39, 0.29) is 0 Å². The zero-order chi connectivity index (χ0) is 9.26. The predicted octanol–water partition coefficient (Wildman–Crippen LogP) is 2.24. The van der Waals surface area contributed by atoms with Crippen LogP contribution in [0.2, 0.25) is 0 Å². The van der Waals surface area contributed by atoms with Gasteiger partial charge in [0.05, 0.1) is 8.48 Å². The largest absolute Gasteiger partial charge is 0.494 e. The second-order valence-corrected chi connectivity index (χ2v) is 2.46. The van der Waals surface area contributed by atoms with Gasteiger partial charge in [0.25, 0.3) is 0 Å². The first-order valence-electron chi connectivity index (χ1n) is 4.20. The van der Waals surface area contributed by atoms with Crippen LogP contribution in [0.4, 0.5) is 0 Å². The molecule has 1 aromatic heterocycles. The molecule has 0 aliphatic carbocycles. The highest BCUT2D eigenvalue weighted by molar-refractivity contribution is 5.84. The molecule has 12 heavy (non-hydrogen) atoms. The van der Waals surface area contributed by atoms with Gasteiger partial charge in [-0.1, -0.05) is 18.2 Å². The molecular weight excluding hydrogens is 150 g/mol. The van der Waals surface area contributed by atoms with Gasteiger partial charge in [-0.25, -0.2) is 0 Å². The van der Waals surface area contributed by atoms with Crippen molar-refractivity contribution < 1.29 is 6.11 Å². The molecule has 0 aliphatic rings. The van der Waals surface area contributed by atoms with Crippen molar-refractivity contribution in [3.63, 3.8) is 0 Å². The van der Waals surface area contributed by atoms with Crippen LogP contribution in [0.1, 0.15) is 1.37 Å². The summed E-state index contributed by atoms with van der Waals surface area (Å²) in [5, 5.41) is 0.937. The van der Waals surface area contributed by atoms with Crippen molar-refractivity contribution in [3.05, 3.63) is 36.5 Å². The van der Waals surface area contributed by atoms with Crippen molar-refractivity contribution in [2.75, 3.05) is 7.11 Å². The van der Waals surface area contributed by atoms with E-state index in [0.29, 0.717) is 11.8 Å². The van der Waals surface area contributed by atoms with Crippen molar-refractivity contribution in [3.8, 4) is 5.75 Å². The third-order valence-electron chi connectivity index (χ3n) is 1.75. The fraction of sp³-hybridized carbons (Fsp3) is 0.100. The molecule has 0 N–H and O–H groups in total. The van der Waals surface area contributed by atoms with Crippen LogP contribution < -0.4 is 4.74 Å². The van der Waals surface area contributed by atoms with Crippen LogP contribution in [0, 0.1) is 0 Å². The summed E-state index contributed by atoms with van der Waals surface area (Å²) >= 11 is 0. The number of rotatable bonds is 1. The maximum atomic E-state index is 7.51. The molecular formula is C10H9NO. The second-order valence-electron chi connectivity index (χ2n) is 2.46. The molecule has 1 heterocycles. The highest BCUT2D eigenvalue weighted by atomic mass is 16.5. The average Bonchev–Trinajstić information content (AvgIpc) is 2.16. The predicted molar refractivity (Wildman–Crippen MR) is 48.3 cm³/mol. The lowest BCUT2D eigenvalue weighted by atomic mass is 10.2. The fourth-order valence-electron chi connectivity index (χ4n) is 1.17. The quantitative estimate of drug-likeness (QED) is 0.638. The molecule has 2 aromatic rings. The maximum absolute atomic E-state index is 7.51. The summed E-state index contributed by atoms with van der Waals surface area (Å²) in [6.45, 7) is 0. The second kappa shape index (κ2) is 2.81. The zero-order valence-corrected chi connectivity index (χ0v) is 6.74. The SMILES string of the molecule is [2H]c1cc(OC)c2ncccc2c1. The van der Waals surface area contributed by atoms with Gasteiger partial charge in [0.2, 0.25) is 0 Å². The van der Waals surface area contributed by atoms with E-state index in [2.05, 4.69) is 4.98 Å². The third kappa shape index (κ3) is 1.01. The molecule has 0 atom stereocenters. The number of aromatic nitrogens is 1. The molecule has 0 saturated heterocycles. The zero-order valence-electron chi connectivity index (χ0n) is 7.74. The smallest absolute Gasteiger partial charge is 0.145 e. The Bertz CT molecular complexity index is 442. The van der Waals surface area contributed by atoms with Crippen molar-refractivity contribution in [1.29, 1.82) is 0 Å². The van der Waals surface area contributed by atoms with Crippen molar-refractivity contribution in [1.82, 2.24) is 4.98 Å². The Balaban J connectivity index is 2.81. The number of hydrogen-bond acceptors (Lipinski definition) is 2. The number of nitrogens with zero attached hydrogens (tertiary/aromatic N) is 1. The molecule has 2 nitrogen and oxygen atoms in total. The van der Waals surface area contributed by atoms with E-state index in [1.807, 2.05) is 12.1 Å². The van der Waals surface area contributed by atoms with Gasteiger partial charge in [-0.3, -0.25) is 4.98 Å². The molecule has 0 aliphatic heterocycles. The van der Waals surface area contributed by atoms with Crippen molar-refractivity contribution >= 4 is 10.9 Å². The van der Waals surface area contributed by atoms with Crippen molar-refractivity contribution in [2.24, 2.45) is 0 Å². The van der Waals surface area contributed by atoms with Crippen LogP contribution in [-0.4, -0.2) is 12.1 Å². The summed E-state index contributed by atoms with van der Waals surface area (Å²) < 4.78 is 12.6. The molecule has 60 valence electrons. The Hall–Kier alpha value is -1.57. The Morgan fingerprint density at radius 2 is 2.33 bits per heavy atom. The fourth-order valence-corrected chi connectivity index (χ4v) is 1.17. The van der Waals surface area contributed by atoms with E-state index < -0.39 is 0 Å². The summed E-state index contributed by atoms with van der Waals surface area (Å²) in [7, 11) is 1.59. The molecule has 0 unspecified atom stereocenters.